The van der Waals surface area contributed by atoms with Gasteiger partial charge in [0.15, 0.2) is 5.12 Å². The predicted molar refractivity (Wildman–Crippen MR) is 77.0 cm³/mol. The minimum Gasteiger partial charge on any atom is -0.479 e. The van der Waals surface area contributed by atoms with Gasteiger partial charge in [0.05, 0.1) is 0 Å². The zero-order valence-corrected chi connectivity index (χ0v) is 12.3. The van der Waals surface area contributed by atoms with Crippen LogP contribution in [0.2, 0.25) is 0 Å². The molecule has 1 aliphatic rings. The van der Waals surface area contributed by atoms with E-state index in [1.165, 1.54) is 17.9 Å². The van der Waals surface area contributed by atoms with Crippen molar-refractivity contribution < 1.29 is 19.5 Å². The topological polar surface area (TPSA) is 74.7 Å². The summed E-state index contributed by atoms with van der Waals surface area (Å²) in [7, 11) is 0. The maximum Gasteiger partial charge on any atom is 0.330 e. The van der Waals surface area contributed by atoms with Crippen LogP contribution in [0.15, 0.2) is 11.6 Å². The molecule has 0 saturated heterocycles. The third kappa shape index (κ3) is 4.14. The molecule has 0 saturated carbocycles. The summed E-state index contributed by atoms with van der Waals surface area (Å²) in [5.41, 5.74) is 0.764. The van der Waals surface area contributed by atoms with Crippen LogP contribution in [-0.2, 0) is 14.4 Å². The first kappa shape index (κ1) is 16.3. The summed E-state index contributed by atoms with van der Waals surface area (Å²) in [5.74, 6) is 1.04. The highest BCUT2D eigenvalue weighted by Gasteiger charge is 2.35. The number of terminal acetylenes is 1. The molecule has 1 rings (SSSR count). The van der Waals surface area contributed by atoms with Gasteiger partial charge in [-0.3, -0.25) is 9.59 Å². The quantitative estimate of drug-likeness (QED) is 0.608. The Labute approximate surface area is 122 Å². The maximum atomic E-state index is 12.3. The van der Waals surface area contributed by atoms with Crippen molar-refractivity contribution in [2.75, 3.05) is 12.3 Å². The van der Waals surface area contributed by atoms with Crippen molar-refractivity contribution in [3.8, 4) is 12.3 Å². The fraction of sp³-hybridized carbons (Fsp3) is 0.500. The van der Waals surface area contributed by atoms with E-state index >= 15 is 0 Å². The standard InChI is InChI=1S/C14H17NO4S/c1-4-5-11-6-12(14(18)19)15(7-11)13(17)9(2)8-20-10(3)16/h1,6,9,12H,5,7-8H2,2-3H3,(H,18,19). The second kappa shape index (κ2) is 7.15. The van der Waals surface area contributed by atoms with E-state index in [0.29, 0.717) is 12.2 Å². The zero-order chi connectivity index (χ0) is 15.3. The van der Waals surface area contributed by atoms with Crippen molar-refractivity contribution in [1.82, 2.24) is 4.90 Å². The van der Waals surface area contributed by atoms with Crippen LogP contribution in [0.5, 0.6) is 0 Å². The molecule has 1 heterocycles. The van der Waals surface area contributed by atoms with Crippen molar-refractivity contribution >= 4 is 28.8 Å². The van der Waals surface area contributed by atoms with Crippen LogP contribution >= 0.6 is 11.8 Å². The van der Waals surface area contributed by atoms with Crippen LogP contribution in [0.1, 0.15) is 20.3 Å². The summed E-state index contributed by atoms with van der Waals surface area (Å²) in [6, 6.07) is -0.962. The molecule has 1 N–H and O–H groups in total. The summed E-state index contributed by atoms with van der Waals surface area (Å²) < 4.78 is 0. The van der Waals surface area contributed by atoms with Gasteiger partial charge < -0.3 is 10.0 Å². The summed E-state index contributed by atoms with van der Waals surface area (Å²) in [6.07, 6.45) is 7.08. The Balaban J connectivity index is 2.74. The monoisotopic (exact) mass is 295 g/mol. The first-order valence-electron chi connectivity index (χ1n) is 6.16. The molecule has 0 bridgehead atoms. The van der Waals surface area contributed by atoms with E-state index in [9.17, 15) is 14.4 Å². The van der Waals surface area contributed by atoms with E-state index in [1.807, 2.05) is 0 Å². The van der Waals surface area contributed by atoms with E-state index in [4.69, 9.17) is 11.5 Å². The van der Waals surface area contributed by atoms with Crippen LogP contribution in [0, 0.1) is 18.3 Å². The average Bonchev–Trinajstić information content (AvgIpc) is 2.79. The number of thioether (sulfide) groups is 1. The molecule has 6 heteroatoms. The lowest BCUT2D eigenvalue weighted by atomic mass is 10.1. The Morgan fingerprint density at radius 1 is 1.60 bits per heavy atom. The average molecular weight is 295 g/mol. The van der Waals surface area contributed by atoms with Gasteiger partial charge in [0.1, 0.15) is 6.04 Å². The van der Waals surface area contributed by atoms with Gasteiger partial charge >= 0.3 is 5.97 Å². The first-order chi connectivity index (χ1) is 9.36. The number of rotatable bonds is 5. The Hall–Kier alpha value is -1.74. The summed E-state index contributed by atoms with van der Waals surface area (Å²) in [6.45, 7) is 3.37. The SMILES string of the molecule is C#CCC1=CC(C(=O)O)N(C(=O)C(C)CSC(C)=O)C1. The molecule has 0 spiro atoms. The molecule has 5 nitrogen and oxygen atoms in total. The number of carbonyl (C=O) groups is 3. The molecular formula is C14H17NO4S. The third-order valence-corrected chi connectivity index (χ3v) is 4.00. The summed E-state index contributed by atoms with van der Waals surface area (Å²) in [5, 5.41) is 9.11. The minimum atomic E-state index is -1.07. The molecule has 0 aromatic rings. The van der Waals surface area contributed by atoms with Crippen molar-refractivity contribution in [2.24, 2.45) is 5.92 Å². The lowest BCUT2D eigenvalue weighted by molar-refractivity contribution is -0.148. The molecule has 1 amide bonds. The maximum absolute atomic E-state index is 12.3. The lowest BCUT2D eigenvalue weighted by Gasteiger charge is -2.25. The number of carbonyl (C=O) groups excluding carboxylic acids is 2. The van der Waals surface area contributed by atoms with Crippen LogP contribution in [-0.4, -0.2) is 45.3 Å². The molecule has 2 unspecified atom stereocenters. The second-order valence-corrected chi connectivity index (χ2v) is 5.86. The second-order valence-electron chi connectivity index (χ2n) is 4.66. The van der Waals surface area contributed by atoms with Crippen molar-refractivity contribution in [1.29, 1.82) is 0 Å². The molecule has 2 atom stereocenters. The number of hydrogen-bond acceptors (Lipinski definition) is 4. The first-order valence-corrected chi connectivity index (χ1v) is 7.15. The molecule has 0 aliphatic carbocycles. The van der Waals surface area contributed by atoms with Gasteiger partial charge in [-0.05, 0) is 11.6 Å². The van der Waals surface area contributed by atoms with Gasteiger partial charge in [-0.15, -0.1) is 12.3 Å². The number of nitrogens with zero attached hydrogens (tertiary/aromatic N) is 1. The number of carboxylic acids is 1. The summed E-state index contributed by atoms with van der Waals surface area (Å²) in [4.78, 5) is 35.7. The number of amides is 1. The van der Waals surface area contributed by atoms with Gasteiger partial charge in [-0.25, -0.2) is 4.79 Å². The van der Waals surface area contributed by atoms with Gasteiger partial charge in [0.25, 0.3) is 0 Å². The fourth-order valence-electron chi connectivity index (χ4n) is 1.95. The van der Waals surface area contributed by atoms with Gasteiger partial charge in [0.2, 0.25) is 5.91 Å². The Bertz CT molecular complexity index is 492. The van der Waals surface area contributed by atoms with Crippen molar-refractivity contribution in [3.63, 3.8) is 0 Å². The highest BCUT2D eigenvalue weighted by atomic mass is 32.2. The highest BCUT2D eigenvalue weighted by molar-refractivity contribution is 8.13. The van der Waals surface area contributed by atoms with E-state index in [1.54, 1.807) is 6.92 Å². The van der Waals surface area contributed by atoms with E-state index < -0.39 is 17.9 Å². The Kier molecular flexibility index (Phi) is 5.83. The molecule has 0 fully saturated rings. The minimum absolute atomic E-state index is 0.0630. The lowest BCUT2D eigenvalue weighted by Crippen LogP contribution is -2.44. The van der Waals surface area contributed by atoms with E-state index in [0.717, 1.165) is 17.3 Å². The normalized spacial score (nSPS) is 19.1. The Morgan fingerprint density at radius 3 is 2.75 bits per heavy atom. The van der Waals surface area contributed by atoms with Gasteiger partial charge in [-0.1, -0.05) is 18.7 Å². The van der Waals surface area contributed by atoms with Crippen LogP contribution in [0.25, 0.3) is 0 Å². The van der Waals surface area contributed by atoms with Crippen LogP contribution in [0.4, 0.5) is 0 Å². The van der Waals surface area contributed by atoms with Gasteiger partial charge in [0, 0.05) is 31.6 Å². The molecule has 0 radical (unpaired) electrons. The molecular weight excluding hydrogens is 278 g/mol. The molecule has 0 aromatic carbocycles. The fourth-order valence-corrected chi connectivity index (χ4v) is 2.57. The third-order valence-electron chi connectivity index (χ3n) is 2.93. The van der Waals surface area contributed by atoms with Crippen molar-refractivity contribution in [2.45, 2.75) is 26.3 Å². The van der Waals surface area contributed by atoms with Crippen LogP contribution < -0.4 is 0 Å². The summed E-state index contributed by atoms with van der Waals surface area (Å²) >= 11 is 1.06. The molecule has 20 heavy (non-hydrogen) atoms. The molecule has 0 aromatic heterocycles. The smallest absolute Gasteiger partial charge is 0.330 e. The Morgan fingerprint density at radius 2 is 2.25 bits per heavy atom. The van der Waals surface area contributed by atoms with E-state index in [2.05, 4.69) is 5.92 Å². The van der Waals surface area contributed by atoms with Gasteiger partial charge in [-0.2, -0.15) is 0 Å². The van der Waals surface area contributed by atoms with Crippen LogP contribution in [0.3, 0.4) is 0 Å². The molecule has 108 valence electrons. The van der Waals surface area contributed by atoms with E-state index in [-0.39, 0.29) is 17.6 Å². The predicted octanol–water partition coefficient (Wildman–Crippen LogP) is 1.15. The number of aliphatic carboxylic acids is 1. The largest absolute Gasteiger partial charge is 0.479 e. The van der Waals surface area contributed by atoms with Crippen molar-refractivity contribution in [3.05, 3.63) is 11.6 Å². The zero-order valence-electron chi connectivity index (χ0n) is 11.5. The number of carboxylic acid groups (broad SMARTS) is 1. The molecule has 1 aliphatic heterocycles. The highest BCUT2D eigenvalue weighted by Crippen LogP contribution is 2.22. The number of hydrogen-bond donors (Lipinski definition) is 1.